The standard InChI is InChI=1S/C21H38O4/c1-5-6-7-8-9-16-24-20(22)13-14-21(23)25-17-15-19(4)12-10-11-18(2)3/h11,19H,5-10,12-17H2,1-4H3. The molecular weight excluding hydrogens is 316 g/mol. The van der Waals surface area contributed by atoms with E-state index in [4.69, 9.17) is 9.47 Å². The van der Waals surface area contributed by atoms with Gasteiger partial charge in [-0.25, -0.2) is 0 Å². The lowest BCUT2D eigenvalue weighted by Gasteiger charge is -2.10. The molecule has 146 valence electrons. The van der Waals surface area contributed by atoms with Gasteiger partial charge in [-0.15, -0.1) is 0 Å². The number of rotatable bonds is 15. The molecule has 1 atom stereocenters. The molecule has 4 heteroatoms. The number of carbonyl (C=O) groups is 2. The predicted molar refractivity (Wildman–Crippen MR) is 102 cm³/mol. The second-order valence-corrected chi connectivity index (χ2v) is 7.11. The fourth-order valence-electron chi connectivity index (χ4n) is 2.41. The van der Waals surface area contributed by atoms with Crippen LogP contribution < -0.4 is 0 Å². The molecule has 0 aliphatic carbocycles. The Balaban J connectivity index is 3.56. The monoisotopic (exact) mass is 354 g/mol. The van der Waals surface area contributed by atoms with Gasteiger partial charge >= 0.3 is 11.9 Å². The van der Waals surface area contributed by atoms with Gasteiger partial charge < -0.3 is 9.47 Å². The number of ether oxygens (including phenoxy) is 2. The van der Waals surface area contributed by atoms with Gasteiger partial charge in [0.05, 0.1) is 26.1 Å². The highest BCUT2D eigenvalue weighted by molar-refractivity contribution is 5.77. The van der Waals surface area contributed by atoms with Gasteiger partial charge in [-0.05, 0) is 45.4 Å². The number of hydrogen-bond acceptors (Lipinski definition) is 4. The highest BCUT2D eigenvalue weighted by Crippen LogP contribution is 2.12. The number of esters is 2. The smallest absolute Gasteiger partial charge is 0.306 e. The molecule has 0 rings (SSSR count). The van der Waals surface area contributed by atoms with Gasteiger partial charge in [-0.1, -0.05) is 51.2 Å². The summed E-state index contributed by atoms with van der Waals surface area (Å²) in [7, 11) is 0. The third kappa shape index (κ3) is 17.3. The number of carbonyl (C=O) groups excluding carboxylic acids is 2. The zero-order chi connectivity index (χ0) is 18.9. The Morgan fingerprint density at radius 2 is 1.48 bits per heavy atom. The van der Waals surface area contributed by atoms with E-state index in [0.717, 1.165) is 32.1 Å². The molecule has 0 aromatic rings. The maximum absolute atomic E-state index is 11.6. The summed E-state index contributed by atoms with van der Waals surface area (Å²) >= 11 is 0. The topological polar surface area (TPSA) is 52.6 Å². The maximum Gasteiger partial charge on any atom is 0.306 e. The van der Waals surface area contributed by atoms with E-state index in [1.807, 2.05) is 0 Å². The van der Waals surface area contributed by atoms with Crippen molar-refractivity contribution in [3.05, 3.63) is 11.6 Å². The van der Waals surface area contributed by atoms with Crippen LogP contribution in [-0.2, 0) is 19.1 Å². The van der Waals surface area contributed by atoms with Crippen LogP contribution in [0.5, 0.6) is 0 Å². The minimum Gasteiger partial charge on any atom is -0.466 e. The van der Waals surface area contributed by atoms with Crippen LogP contribution in [0.25, 0.3) is 0 Å². The van der Waals surface area contributed by atoms with Crippen molar-refractivity contribution in [3.8, 4) is 0 Å². The largest absolute Gasteiger partial charge is 0.466 e. The fraction of sp³-hybridized carbons (Fsp3) is 0.810. The molecule has 0 fully saturated rings. The van der Waals surface area contributed by atoms with Crippen molar-refractivity contribution in [2.45, 2.75) is 91.9 Å². The summed E-state index contributed by atoms with van der Waals surface area (Å²) in [6.45, 7) is 9.44. The van der Waals surface area contributed by atoms with Crippen molar-refractivity contribution in [2.24, 2.45) is 5.92 Å². The molecule has 25 heavy (non-hydrogen) atoms. The van der Waals surface area contributed by atoms with E-state index >= 15 is 0 Å². The minimum absolute atomic E-state index is 0.112. The molecule has 0 spiro atoms. The summed E-state index contributed by atoms with van der Waals surface area (Å²) in [4.78, 5) is 23.2. The van der Waals surface area contributed by atoms with Crippen LogP contribution in [0, 0.1) is 5.92 Å². The molecule has 1 unspecified atom stereocenters. The van der Waals surface area contributed by atoms with Gasteiger partial charge in [0.1, 0.15) is 0 Å². The molecule has 0 aromatic heterocycles. The van der Waals surface area contributed by atoms with Gasteiger partial charge in [0.15, 0.2) is 0 Å². The van der Waals surface area contributed by atoms with Crippen molar-refractivity contribution in [1.29, 1.82) is 0 Å². The Labute approximate surface area is 154 Å². The SMILES string of the molecule is CCCCCCCOC(=O)CCC(=O)OCCC(C)CCC=C(C)C. The van der Waals surface area contributed by atoms with Gasteiger partial charge in [-0.2, -0.15) is 0 Å². The normalized spacial score (nSPS) is 11.7. The molecule has 0 N–H and O–H groups in total. The zero-order valence-electron chi connectivity index (χ0n) is 16.8. The lowest BCUT2D eigenvalue weighted by molar-refractivity contribution is -0.150. The van der Waals surface area contributed by atoms with E-state index in [1.54, 1.807) is 0 Å². The number of hydrogen-bond donors (Lipinski definition) is 0. The number of unbranched alkanes of at least 4 members (excludes halogenated alkanes) is 4. The molecule has 0 saturated heterocycles. The van der Waals surface area contributed by atoms with Gasteiger partial charge in [-0.3, -0.25) is 9.59 Å². The average Bonchev–Trinajstić information content (AvgIpc) is 2.55. The van der Waals surface area contributed by atoms with Crippen molar-refractivity contribution in [3.63, 3.8) is 0 Å². The van der Waals surface area contributed by atoms with Crippen LogP contribution >= 0.6 is 0 Å². The first-order chi connectivity index (χ1) is 12.0. The van der Waals surface area contributed by atoms with Crippen LogP contribution in [0.2, 0.25) is 0 Å². The quantitative estimate of drug-likeness (QED) is 0.218. The average molecular weight is 355 g/mol. The first kappa shape index (κ1) is 23.7. The van der Waals surface area contributed by atoms with Crippen LogP contribution in [0.1, 0.15) is 91.9 Å². The van der Waals surface area contributed by atoms with E-state index in [0.29, 0.717) is 19.1 Å². The lowest BCUT2D eigenvalue weighted by Crippen LogP contribution is -2.12. The molecule has 0 aliphatic rings. The Morgan fingerprint density at radius 3 is 2.08 bits per heavy atom. The summed E-state index contributed by atoms with van der Waals surface area (Å²) in [6, 6.07) is 0. The third-order valence-electron chi connectivity index (χ3n) is 4.13. The number of allylic oxidation sites excluding steroid dienone is 2. The summed E-state index contributed by atoms with van der Waals surface area (Å²) in [5.74, 6) is -0.0833. The fourth-order valence-corrected chi connectivity index (χ4v) is 2.41. The second kappa shape index (κ2) is 16.2. The van der Waals surface area contributed by atoms with Gasteiger partial charge in [0.25, 0.3) is 0 Å². The van der Waals surface area contributed by atoms with Crippen molar-refractivity contribution < 1.29 is 19.1 Å². The van der Waals surface area contributed by atoms with Crippen molar-refractivity contribution in [1.82, 2.24) is 0 Å². The van der Waals surface area contributed by atoms with E-state index in [-0.39, 0.29) is 24.8 Å². The molecule has 0 aliphatic heterocycles. The molecule has 0 heterocycles. The van der Waals surface area contributed by atoms with E-state index in [2.05, 4.69) is 33.8 Å². The minimum atomic E-state index is -0.309. The molecule has 0 radical (unpaired) electrons. The Morgan fingerprint density at radius 1 is 0.880 bits per heavy atom. The highest BCUT2D eigenvalue weighted by atomic mass is 16.5. The molecule has 0 amide bonds. The van der Waals surface area contributed by atoms with Crippen LogP contribution in [0.4, 0.5) is 0 Å². The predicted octanol–water partition coefficient (Wildman–Crippen LogP) is 5.60. The lowest BCUT2D eigenvalue weighted by atomic mass is 10.0. The van der Waals surface area contributed by atoms with Crippen LogP contribution in [-0.4, -0.2) is 25.2 Å². The Kier molecular flexibility index (Phi) is 15.3. The van der Waals surface area contributed by atoms with Crippen LogP contribution in [0.3, 0.4) is 0 Å². The van der Waals surface area contributed by atoms with E-state index < -0.39 is 0 Å². The zero-order valence-corrected chi connectivity index (χ0v) is 16.8. The maximum atomic E-state index is 11.6. The third-order valence-corrected chi connectivity index (χ3v) is 4.13. The molecule has 0 bridgehead atoms. The summed E-state index contributed by atoms with van der Waals surface area (Å²) in [5.41, 5.74) is 1.34. The van der Waals surface area contributed by atoms with Crippen molar-refractivity contribution >= 4 is 11.9 Å². The summed E-state index contributed by atoms with van der Waals surface area (Å²) in [5, 5.41) is 0. The molecular formula is C21H38O4. The van der Waals surface area contributed by atoms with Gasteiger partial charge in [0.2, 0.25) is 0 Å². The van der Waals surface area contributed by atoms with E-state index in [1.165, 1.54) is 24.8 Å². The first-order valence-electron chi connectivity index (χ1n) is 9.90. The van der Waals surface area contributed by atoms with Gasteiger partial charge in [0, 0.05) is 0 Å². The summed E-state index contributed by atoms with van der Waals surface area (Å²) < 4.78 is 10.3. The van der Waals surface area contributed by atoms with E-state index in [9.17, 15) is 9.59 Å². The molecule has 0 saturated carbocycles. The second-order valence-electron chi connectivity index (χ2n) is 7.11. The molecule has 4 nitrogen and oxygen atoms in total. The summed E-state index contributed by atoms with van der Waals surface area (Å²) in [6.07, 6.45) is 11.1. The Hall–Kier alpha value is -1.32. The van der Waals surface area contributed by atoms with Crippen molar-refractivity contribution in [2.75, 3.05) is 13.2 Å². The Bertz CT molecular complexity index is 383. The molecule has 0 aromatic carbocycles. The highest BCUT2D eigenvalue weighted by Gasteiger charge is 2.10. The first-order valence-corrected chi connectivity index (χ1v) is 9.90. The van der Waals surface area contributed by atoms with Crippen LogP contribution in [0.15, 0.2) is 11.6 Å².